The predicted octanol–water partition coefficient (Wildman–Crippen LogP) is 3.14. The number of nitrogens with zero attached hydrogens (tertiary/aromatic N) is 3. The molecule has 0 radical (unpaired) electrons. The first-order valence-electron chi connectivity index (χ1n) is 7.28. The van der Waals surface area contributed by atoms with Gasteiger partial charge in [-0.05, 0) is 56.4 Å². The van der Waals surface area contributed by atoms with Crippen LogP contribution in [-0.2, 0) is 4.74 Å². The molecule has 9 heteroatoms. The van der Waals surface area contributed by atoms with Crippen LogP contribution in [0.3, 0.4) is 0 Å². The van der Waals surface area contributed by atoms with E-state index in [1.165, 1.54) is 17.0 Å². The number of ether oxygens (including phenoxy) is 1. The number of amides is 1. The Morgan fingerprint density at radius 1 is 1.50 bits per heavy atom. The van der Waals surface area contributed by atoms with Gasteiger partial charge in [0.25, 0.3) is 5.56 Å². The van der Waals surface area contributed by atoms with E-state index >= 15 is 0 Å². The van der Waals surface area contributed by atoms with E-state index in [1.807, 2.05) is 22.6 Å². The molecular weight excluding hydrogens is 447 g/mol. The lowest BCUT2D eigenvalue weighted by Crippen LogP contribution is -2.37. The number of carbonyl (C=O) groups excluding carboxylic acids is 1. The van der Waals surface area contributed by atoms with Gasteiger partial charge in [-0.25, -0.2) is 14.8 Å². The van der Waals surface area contributed by atoms with Gasteiger partial charge < -0.3 is 10.1 Å². The number of nitrogens with one attached hydrogen (secondary N) is 1. The summed E-state index contributed by atoms with van der Waals surface area (Å²) in [5.74, 6) is 0. The summed E-state index contributed by atoms with van der Waals surface area (Å²) < 4.78 is 7.20. The van der Waals surface area contributed by atoms with Gasteiger partial charge in [-0.2, -0.15) is 0 Å². The number of aromatic nitrogens is 3. The molecule has 1 unspecified atom stereocenters. The second-order valence-corrected chi connectivity index (χ2v) is 7.73. The summed E-state index contributed by atoms with van der Waals surface area (Å²) in [4.78, 5) is 32.7. The first kappa shape index (κ1) is 18.9. The van der Waals surface area contributed by atoms with E-state index in [0.29, 0.717) is 14.6 Å². The van der Waals surface area contributed by atoms with Crippen LogP contribution < -0.4 is 10.9 Å². The molecule has 24 heavy (non-hydrogen) atoms. The summed E-state index contributed by atoms with van der Waals surface area (Å²) in [5.41, 5.74) is -0.302. The monoisotopic (exact) mass is 464 g/mol. The normalized spacial score (nSPS) is 12.9. The lowest BCUT2D eigenvalue weighted by Gasteiger charge is -2.21. The van der Waals surface area contributed by atoms with Gasteiger partial charge in [-0.15, -0.1) is 0 Å². The number of halogens is 2. The second-order valence-electron chi connectivity index (χ2n) is 6.32. The van der Waals surface area contributed by atoms with Crippen LogP contribution in [0.4, 0.5) is 4.79 Å². The summed E-state index contributed by atoms with van der Waals surface area (Å²) in [6.07, 6.45) is 0.919. The molecule has 1 amide bonds. The highest BCUT2D eigenvalue weighted by Crippen LogP contribution is 2.18. The Balaban J connectivity index is 2.21. The molecule has 7 nitrogen and oxygen atoms in total. The number of alkyl carbamates (subject to hydrolysis) is 1. The smallest absolute Gasteiger partial charge is 0.407 e. The highest BCUT2D eigenvalue weighted by atomic mass is 127. The van der Waals surface area contributed by atoms with Crippen LogP contribution in [0, 0.1) is 3.70 Å². The molecule has 0 aromatic carbocycles. The summed E-state index contributed by atoms with van der Waals surface area (Å²) >= 11 is 7.91. The largest absolute Gasteiger partial charge is 0.444 e. The molecule has 2 heterocycles. The summed E-state index contributed by atoms with van der Waals surface area (Å²) in [6, 6.07) is 1.20. The lowest BCUT2D eigenvalue weighted by molar-refractivity contribution is 0.0521. The molecule has 1 atom stereocenters. The van der Waals surface area contributed by atoms with Crippen LogP contribution in [0.2, 0.25) is 5.15 Å². The van der Waals surface area contributed by atoms with E-state index in [-0.39, 0.29) is 23.3 Å². The molecule has 0 saturated carbocycles. The third-order valence-corrected chi connectivity index (χ3v) is 4.06. The molecule has 0 aliphatic heterocycles. The van der Waals surface area contributed by atoms with Crippen LogP contribution in [0.5, 0.6) is 0 Å². The van der Waals surface area contributed by atoms with E-state index in [2.05, 4.69) is 15.3 Å². The Morgan fingerprint density at radius 3 is 2.79 bits per heavy atom. The number of pyridine rings is 1. The van der Waals surface area contributed by atoms with Crippen LogP contribution in [0.25, 0.3) is 10.9 Å². The van der Waals surface area contributed by atoms with Gasteiger partial charge in [-0.1, -0.05) is 11.6 Å². The SMILES string of the molecule is CC(CNC(=O)OC(C)(C)C)n1cnc2c(I)nc(Cl)cc2c1=O. The van der Waals surface area contributed by atoms with Crippen molar-refractivity contribution in [2.45, 2.75) is 39.3 Å². The Bertz CT molecular complexity index is 832. The Labute approximate surface area is 157 Å². The molecular formula is C15H18ClIN4O3. The minimum absolute atomic E-state index is 0.234. The van der Waals surface area contributed by atoms with Gasteiger partial charge in [-0.3, -0.25) is 9.36 Å². The summed E-state index contributed by atoms with van der Waals surface area (Å²) in [7, 11) is 0. The average molecular weight is 465 g/mol. The zero-order valence-electron chi connectivity index (χ0n) is 13.8. The van der Waals surface area contributed by atoms with Gasteiger partial charge in [0, 0.05) is 6.54 Å². The molecule has 2 aromatic heterocycles. The molecule has 0 aliphatic carbocycles. The zero-order chi connectivity index (χ0) is 18.1. The molecule has 130 valence electrons. The van der Waals surface area contributed by atoms with Crippen LogP contribution in [-0.4, -0.2) is 32.8 Å². The van der Waals surface area contributed by atoms with Crippen molar-refractivity contribution in [3.05, 3.63) is 31.6 Å². The molecule has 2 rings (SSSR count). The van der Waals surface area contributed by atoms with Crippen molar-refractivity contribution in [1.29, 1.82) is 0 Å². The van der Waals surface area contributed by atoms with Gasteiger partial charge >= 0.3 is 6.09 Å². The number of hydrogen-bond acceptors (Lipinski definition) is 5. The van der Waals surface area contributed by atoms with Gasteiger partial charge in [0.05, 0.1) is 17.8 Å². The molecule has 0 bridgehead atoms. The van der Waals surface area contributed by atoms with Crippen molar-refractivity contribution in [2.75, 3.05) is 6.54 Å². The van der Waals surface area contributed by atoms with Crippen molar-refractivity contribution in [2.24, 2.45) is 0 Å². The number of rotatable bonds is 3. The third kappa shape index (κ3) is 4.56. The number of carbonyl (C=O) groups is 1. The van der Waals surface area contributed by atoms with Crippen molar-refractivity contribution in [3.63, 3.8) is 0 Å². The third-order valence-electron chi connectivity index (χ3n) is 3.11. The molecule has 0 spiro atoms. The minimum Gasteiger partial charge on any atom is -0.444 e. The first-order valence-corrected chi connectivity index (χ1v) is 8.74. The maximum Gasteiger partial charge on any atom is 0.407 e. The fourth-order valence-corrected chi connectivity index (χ4v) is 3.06. The van der Waals surface area contributed by atoms with E-state index in [1.54, 1.807) is 27.7 Å². The average Bonchev–Trinajstić information content (AvgIpc) is 2.44. The fourth-order valence-electron chi connectivity index (χ4n) is 2.03. The van der Waals surface area contributed by atoms with E-state index in [9.17, 15) is 9.59 Å². The van der Waals surface area contributed by atoms with Crippen molar-refractivity contribution in [1.82, 2.24) is 19.9 Å². The van der Waals surface area contributed by atoms with E-state index < -0.39 is 11.7 Å². The molecule has 0 aliphatic rings. The van der Waals surface area contributed by atoms with E-state index in [0.717, 1.165) is 0 Å². The summed E-state index contributed by atoms with van der Waals surface area (Å²) in [5, 5.41) is 3.28. The number of fused-ring (bicyclic) bond motifs is 1. The van der Waals surface area contributed by atoms with Crippen molar-refractivity contribution in [3.8, 4) is 0 Å². The Hall–Kier alpha value is -1.42. The van der Waals surface area contributed by atoms with Gasteiger partial charge in [0.1, 0.15) is 20.0 Å². The predicted molar refractivity (Wildman–Crippen MR) is 100 cm³/mol. The Morgan fingerprint density at radius 2 is 2.17 bits per heavy atom. The first-order chi connectivity index (χ1) is 11.1. The van der Waals surface area contributed by atoms with E-state index in [4.69, 9.17) is 16.3 Å². The van der Waals surface area contributed by atoms with Crippen LogP contribution in [0.1, 0.15) is 33.7 Å². The fraction of sp³-hybridized carbons (Fsp3) is 0.467. The number of hydrogen-bond donors (Lipinski definition) is 1. The van der Waals surface area contributed by atoms with Gasteiger partial charge in [0.15, 0.2) is 0 Å². The van der Waals surface area contributed by atoms with Crippen LogP contribution >= 0.6 is 34.2 Å². The molecule has 2 aromatic rings. The highest BCUT2D eigenvalue weighted by molar-refractivity contribution is 14.1. The van der Waals surface area contributed by atoms with Gasteiger partial charge in [0.2, 0.25) is 0 Å². The minimum atomic E-state index is -0.574. The van der Waals surface area contributed by atoms with Crippen LogP contribution in [0.15, 0.2) is 17.2 Å². The molecule has 0 fully saturated rings. The standard InChI is InChI=1S/C15H18ClIN4O3/c1-8(6-18-14(23)24-15(2,3)4)21-7-19-11-9(13(21)22)5-10(16)20-12(11)17/h5,7-8H,6H2,1-4H3,(H,18,23). The maximum absolute atomic E-state index is 12.6. The zero-order valence-corrected chi connectivity index (χ0v) is 16.7. The quantitative estimate of drug-likeness (QED) is 0.557. The van der Waals surface area contributed by atoms with Crippen molar-refractivity contribution >= 4 is 51.2 Å². The lowest BCUT2D eigenvalue weighted by atomic mass is 10.2. The van der Waals surface area contributed by atoms with Crippen molar-refractivity contribution < 1.29 is 9.53 Å². The Kier molecular flexibility index (Phi) is 5.69. The second kappa shape index (κ2) is 7.22. The molecule has 0 saturated heterocycles. The summed E-state index contributed by atoms with van der Waals surface area (Å²) in [6.45, 7) is 7.39. The topological polar surface area (TPSA) is 86.1 Å². The highest BCUT2D eigenvalue weighted by Gasteiger charge is 2.18. The molecule has 1 N–H and O–H groups in total. The maximum atomic E-state index is 12.6.